The molecule has 0 N–H and O–H groups in total. The number of ether oxygens (including phenoxy) is 2. The van der Waals surface area contributed by atoms with E-state index in [1.807, 2.05) is 26.0 Å². The molecule has 1 saturated heterocycles. The Balaban J connectivity index is 1.58. The van der Waals surface area contributed by atoms with Crippen molar-refractivity contribution < 1.29 is 18.3 Å². The zero-order valence-corrected chi connectivity index (χ0v) is 21.4. The van der Waals surface area contributed by atoms with Crippen LogP contribution in [0.15, 0.2) is 83.5 Å². The summed E-state index contributed by atoms with van der Waals surface area (Å²) >= 11 is 0. The zero-order valence-electron chi connectivity index (χ0n) is 20.4. The van der Waals surface area contributed by atoms with Gasteiger partial charge >= 0.3 is 0 Å². The maximum atomic E-state index is 7.06. The van der Waals surface area contributed by atoms with Gasteiger partial charge in [0.25, 0.3) is 8.32 Å². The molecule has 0 spiro atoms. The predicted octanol–water partition coefficient (Wildman–Crippen LogP) is 5.83. The van der Waals surface area contributed by atoms with Gasteiger partial charge < -0.3 is 18.3 Å². The fraction of sp³-hybridized carbons (Fsp3) is 0.429. The lowest BCUT2D eigenvalue weighted by Gasteiger charge is -2.44. The highest BCUT2D eigenvalue weighted by Gasteiger charge is 2.50. The lowest BCUT2D eigenvalue weighted by Crippen LogP contribution is -2.66. The van der Waals surface area contributed by atoms with E-state index in [0.717, 1.165) is 18.6 Å². The first-order chi connectivity index (χ1) is 15.7. The van der Waals surface area contributed by atoms with E-state index < -0.39 is 14.1 Å². The molecule has 2 heterocycles. The molecule has 5 heteroatoms. The molecule has 2 aromatic carbocycles. The number of hydrogen-bond acceptors (Lipinski definition) is 4. The van der Waals surface area contributed by atoms with Crippen LogP contribution in [0.3, 0.4) is 0 Å². The molecule has 0 amide bonds. The molecule has 176 valence electrons. The second-order valence-electron chi connectivity index (χ2n) is 10.3. The molecule has 4 rings (SSSR count). The molecule has 1 aliphatic heterocycles. The van der Waals surface area contributed by atoms with Gasteiger partial charge in [-0.1, -0.05) is 81.4 Å². The van der Waals surface area contributed by atoms with Crippen LogP contribution < -0.4 is 10.4 Å². The van der Waals surface area contributed by atoms with Crippen LogP contribution in [0.4, 0.5) is 0 Å². The van der Waals surface area contributed by atoms with Crippen molar-refractivity contribution >= 4 is 18.7 Å². The van der Waals surface area contributed by atoms with Gasteiger partial charge in [0.2, 0.25) is 0 Å². The standard InChI is InChI=1S/C28H36O4Si/c1-27(2,3)33(23-13-8-6-9-14-23,24-15-10-7-11-16-24)30-20-18-22-21-26(25-17-12-19-29-25)32-28(4,5)31-22/h6-17,19,22,26H,18,20-21H2,1-5H3/t22-,26-/m0/s1. The fourth-order valence-electron chi connectivity index (χ4n) is 5.04. The van der Waals surface area contributed by atoms with E-state index in [9.17, 15) is 0 Å². The van der Waals surface area contributed by atoms with Crippen molar-refractivity contribution in [3.63, 3.8) is 0 Å². The molecule has 0 unspecified atom stereocenters. The Morgan fingerprint density at radius 2 is 1.48 bits per heavy atom. The molecule has 1 aromatic heterocycles. The van der Waals surface area contributed by atoms with E-state index in [0.29, 0.717) is 6.61 Å². The molecule has 4 nitrogen and oxygen atoms in total. The van der Waals surface area contributed by atoms with Crippen LogP contribution in [-0.4, -0.2) is 26.8 Å². The van der Waals surface area contributed by atoms with Crippen LogP contribution >= 0.6 is 0 Å². The Hall–Kier alpha value is -2.18. The van der Waals surface area contributed by atoms with E-state index >= 15 is 0 Å². The lowest BCUT2D eigenvalue weighted by atomic mass is 10.0. The van der Waals surface area contributed by atoms with Crippen molar-refractivity contribution in [3.05, 3.63) is 84.8 Å². The first kappa shape index (κ1) is 24.0. The quantitative estimate of drug-likeness (QED) is 0.413. The second kappa shape index (κ2) is 9.59. The minimum absolute atomic E-state index is 0.0297. The van der Waals surface area contributed by atoms with Gasteiger partial charge in [0, 0.05) is 13.0 Å². The summed E-state index contributed by atoms with van der Waals surface area (Å²) in [5.41, 5.74) is 0. The SMILES string of the molecule is CC1(C)O[C@@H](CCO[Si](c2ccccc2)(c2ccccc2)C(C)(C)C)C[C@@H](c2ccco2)O1. The third-order valence-electron chi connectivity index (χ3n) is 6.39. The molecule has 1 aliphatic rings. The predicted molar refractivity (Wildman–Crippen MR) is 134 cm³/mol. The molecule has 2 atom stereocenters. The van der Waals surface area contributed by atoms with Crippen molar-refractivity contribution in [2.45, 2.75) is 70.5 Å². The normalized spacial score (nSPS) is 21.1. The average molecular weight is 465 g/mol. The molecule has 0 aliphatic carbocycles. The largest absolute Gasteiger partial charge is 0.467 e. The number of furan rings is 1. The van der Waals surface area contributed by atoms with Crippen LogP contribution in [0.1, 0.15) is 59.3 Å². The molecule has 0 radical (unpaired) electrons. The highest BCUT2D eigenvalue weighted by atomic mass is 28.4. The minimum Gasteiger partial charge on any atom is -0.467 e. The molecule has 0 saturated carbocycles. The summed E-state index contributed by atoms with van der Waals surface area (Å²) in [6, 6.07) is 25.4. The van der Waals surface area contributed by atoms with E-state index in [2.05, 4.69) is 81.4 Å². The van der Waals surface area contributed by atoms with Gasteiger partial charge in [-0.2, -0.15) is 0 Å². The van der Waals surface area contributed by atoms with E-state index in [1.165, 1.54) is 10.4 Å². The highest BCUT2D eigenvalue weighted by molar-refractivity contribution is 6.99. The third kappa shape index (κ3) is 5.17. The summed E-state index contributed by atoms with van der Waals surface area (Å²) in [4.78, 5) is 0. The summed E-state index contributed by atoms with van der Waals surface area (Å²) in [6.45, 7) is 11.5. The second-order valence-corrected chi connectivity index (χ2v) is 14.6. The van der Waals surface area contributed by atoms with Crippen molar-refractivity contribution in [1.82, 2.24) is 0 Å². The van der Waals surface area contributed by atoms with Gasteiger partial charge in [-0.3, -0.25) is 0 Å². The van der Waals surface area contributed by atoms with Crippen molar-refractivity contribution in [2.24, 2.45) is 0 Å². The smallest absolute Gasteiger partial charge is 0.261 e. The topological polar surface area (TPSA) is 40.8 Å². The van der Waals surface area contributed by atoms with Crippen molar-refractivity contribution in [3.8, 4) is 0 Å². The first-order valence-corrected chi connectivity index (χ1v) is 13.8. The van der Waals surface area contributed by atoms with Gasteiger partial charge in [0.15, 0.2) is 5.79 Å². The number of benzene rings is 2. The Morgan fingerprint density at radius 3 is 2.00 bits per heavy atom. The van der Waals surface area contributed by atoms with Crippen molar-refractivity contribution in [2.75, 3.05) is 6.61 Å². The van der Waals surface area contributed by atoms with Crippen LogP contribution in [0.2, 0.25) is 5.04 Å². The van der Waals surface area contributed by atoms with Gasteiger partial charge in [-0.25, -0.2) is 0 Å². The summed E-state index contributed by atoms with van der Waals surface area (Å²) < 4.78 is 25.1. The third-order valence-corrected chi connectivity index (χ3v) is 11.4. The highest BCUT2D eigenvalue weighted by Crippen LogP contribution is 2.39. The Morgan fingerprint density at radius 1 is 0.879 bits per heavy atom. The maximum absolute atomic E-state index is 7.06. The van der Waals surface area contributed by atoms with E-state index in [1.54, 1.807) is 6.26 Å². The van der Waals surface area contributed by atoms with Crippen LogP contribution in [0, 0.1) is 0 Å². The van der Waals surface area contributed by atoms with E-state index in [-0.39, 0.29) is 17.2 Å². The lowest BCUT2D eigenvalue weighted by molar-refractivity contribution is -0.306. The molecule has 33 heavy (non-hydrogen) atoms. The maximum Gasteiger partial charge on any atom is 0.261 e. The van der Waals surface area contributed by atoms with Gasteiger partial charge in [0.1, 0.15) is 11.9 Å². The van der Waals surface area contributed by atoms with Gasteiger partial charge in [0.05, 0.1) is 12.4 Å². The Bertz CT molecular complexity index is 954. The van der Waals surface area contributed by atoms with E-state index in [4.69, 9.17) is 18.3 Å². The molecule has 1 fully saturated rings. The van der Waals surface area contributed by atoms with Crippen LogP contribution in [0.5, 0.6) is 0 Å². The minimum atomic E-state index is -2.54. The Kier molecular flexibility index (Phi) is 6.96. The summed E-state index contributed by atoms with van der Waals surface area (Å²) in [7, 11) is -2.54. The van der Waals surface area contributed by atoms with Gasteiger partial charge in [-0.15, -0.1) is 0 Å². The number of hydrogen-bond donors (Lipinski definition) is 0. The zero-order chi connectivity index (χ0) is 23.5. The summed E-state index contributed by atoms with van der Waals surface area (Å²) in [5, 5.41) is 2.55. The monoisotopic (exact) mass is 464 g/mol. The number of rotatable bonds is 7. The first-order valence-electron chi connectivity index (χ1n) is 11.9. The molecule has 3 aromatic rings. The van der Waals surface area contributed by atoms with Gasteiger partial charge in [-0.05, 0) is 47.8 Å². The molecule has 0 bridgehead atoms. The summed E-state index contributed by atoms with van der Waals surface area (Å²) in [6.07, 6.45) is 3.17. The molecular weight excluding hydrogens is 428 g/mol. The van der Waals surface area contributed by atoms with Crippen molar-refractivity contribution in [1.29, 1.82) is 0 Å². The fourth-order valence-corrected chi connectivity index (χ4v) is 9.62. The average Bonchev–Trinajstić information content (AvgIpc) is 3.31. The van der Waals surface area contributed by atoms with Crippen LogP contribution in [-0.2, 0) is 13.9 Å². The molecular formula is C28H36O4Si. The Labute approximate surface area is 199 Å². The van der Waals surface area contributed by atoms with Crippen LogP contribution in [0.25, 0.3) is 0 Å². The summed E-state index contributed by atoms with van der Waals surface area (Å²) in [5.74, 6) is 0.182.